The van der Waals surface area contributed by atoms with Gasteiger partial charge in [0.15, 0.2) is 0 Å². The van der Waals surface area contributed by atoms with Crippen LogP contribution < -0.4 is 20.4 Å². The van der Waals surface area contributed by atoms with Crippen LogP contribution in [0.5, 0.6) is 0 Å². The number of amides is 2. The van der Waals surface area contributed by atoms with Crippen LogP contribution in [0.2, 0.25) is 10.0 Å². The number of rotatable bonds is 12. The molecule has 6 N–H and O–H groups in total. The lowest BCUT2D eigenvalue weighted by Gasteiger charge is -2.29. The van der Waals surface area contributed by atoms with Gasteiger partial charge in [-0.15, -0.1) is 0 Å². The third-order valence-corrected chi connectivity index (χ3v) is 12.3. The van der Waals surface area contributed by atoms with E-state index in [1.54, 1.807) is 12.1 Å². The van der Waals surface area contributed by atoms with Crippen molar-refractivity contribution in [1.82, 2.24) is 20.6 Å². The Hall–Kier alpha value is -5.00. The highest BCUT2D eigenvalue weighted by molar-refractivity contribution is 6.31. The zero-order chi connectivity index (χ0) is 42.2. The Bertz CT molecular complexity index is 2210. The number of aryl methyl sites for hydroxylation is 2. The summed E-state index contributed by atoms with van der Waals surface area (Å²) in [4.78, 5) is 36.7. The number of aromatic amines is 2. The monoisotopic (exact) mass is 850 g/mol. The molecule has 2 amide bonds. The molecule has 0 unspecified atom stereocenters. The zero-order valence-electron chi connectivity index (χ0n) is 34.5. The van der Waals surface area contributed by atoms with E-state index in [4.69, 9.17) is 23.2 Å². The number of carbonyl (C=O) groups is 2. The van der Waals surface area contributed by atoms with Gasteiger partial charge in [0, 0.05) is 82.5 Å². The molecule has 0 bridgehead atoms. The summed E-state index contributed by atoms with van der Waals surface area (Å²) >= 11 is 12.2. The summed E-state index contributed by atoms with van der Waals surface area (Å²) in [5.41, 5.74) is 8.69. The number of fused-ring (bicyclic) bond motifs is 2. The van der Waals surface area contributed by atoms with E-state index in [0.29, 0.717) is 34.3 Å². The van der Waals surface area contributed by atoms with E-state index in [0.717, 1.165) is 70.2 Å². The van der Waals surface area contributed by atoms with E-state index in [1.165, 1.54) is 49.9 Å². The molecule has 316 valence electrons. The number of anilines is 2. The summed E-state index contributed by atoms with van der Waals surface area (Å²) in [7, 11) is 0. The molecule has 10 nitrogen and oxygen atoms in total. The fraction of sp³-hybridized carbons (Fsp3) is 0.375. The molecule has 2 aliphatic rings. The van der Waals surface area contributed by atoms with Crippen molar-refractivity contribution in [2.24, 2.45) is 0 Å². The van der Waals surface area contributed by atoms with Crippen molar-refractivity contribution in [2.75, 3.05) is 49.1 Å². The van der Waals surface area contributed by atoms with Crippen molar-refractivity contribution in [3.05, 3.63) is 129 Å². The highest BCUT2D eigenvalue weighted by Gasteiger charge is 2.21. The van der Waals surface area contributed by atoms with Crippen LogP contribution in [0.4, 0.5) is 11.4 Å². The minimum atomic E-state index is -0.756. The number of piperidine rings is 2. The number of carbonyl (C=O) groups excluding carboxylic acids is 2. The quantitative estimate of drug-likeness (QED) is 0.0726. The Kier molecular flexibility index (Phi) is 14.4. The minimum Gasteiger partial charge on any atom is -0.387 e. The minimum absolute atomic E-state index is 0.154. The molecule has 0 saturated carbocycles. The predicted octanol–water partition coefficient (Wildman–Crippen LogP) is 9.67. The molecular weight excluding hydrogens is 795 g/mol. The van der Waals surface area contributed by atoms with Gasteiger partial charge in [0.2, 0.25) is 0 Å². The Morgan fingerprint density at radius 2 is 0.950 bits per heavy atom. The van der Waals surface area contributed by atoms with E-state index >= 15 is 0 Å². The first kappa shape index (κ1) is 43.1. The summed E-state index contributed by atoms with van der Waals surface area (Å²) in [6.07, 6.45) is 7.44. The van der Waals surface area contributed by atoms with Gasteiger partial charge in [-0.05, 0) is 134 Å². The van der Waals surface area contributed by atoms with Crippen LogP contribution in [0.1, 0.15) is 108 Å². The maximum Gasteiger partial charge on any atom is 0.268 e. The SMILES string of the molecule is CCc1c(C(=O)NC[C@@H](O)c2ccc(N3CCCCC3)cc2)[nH]c2ccc(Cl)cc12.CCc1c(C(=O)NC[C@H](O)c2ccc(N3CCCCC3)cc2)[nH]c2ccc(Cl)cc12. The number of H-pyrrole nitrogens is 2. The van der Waals surface area contributed by atoms with E-state index < -0.39 is 12.2 Å². The first-order chi connectivity index (χ1) is 29.1. The maximum atomic E-state index is 12.8. The van der Waals surface area contributed by atoms with Crippen LogP contribution in [0, 0.1) is 0 Å². The second-order valence-corrected chi connectivity index (χ2v) is 16.6. The lowest BCUT2D eigenvalue weighted by Crippen LogP contribution is -2.30. The normalized spacial score (nSPS) is 15.4. The molecule has 0 aliphatic carbocycles. The summed E-state index contributed by atoms with van der Waals surface area (Å²) in [5, 5.41) is 30.1. The standard InChI is InChI=1S/2C24H28ClN3O2/c2*1-2-19-20-14-17(25)8-11-21(20)27-23(19)24(30)26-15-22(29)16-6-9-18(10-7-16)28-12-4-3-5-13-28/h2*6-11,14,22,27,29H,2-5,12-13,15H2,1H3,(H,26,30)/t2*22-/m10/s1. The fourth-order valence-electron chi connectivity index (χ4n) is 8.47. The topological polar surface area (TPSA) is 137 Å². The first-order valence-corrected chi connectivity index (χ1v) is 22.1. The molecule has 4 aromatic carbocycles. The number of aliphatic hydroxyl groups is 2. The molecule has 2 aliphatic heterocycles. The van der Waals surface area contributed by atoms with E-state index in [2.05, 4.69) is 54.7 Å². The average molecular weight is 852 g/mol. The predicted molar refractivity (Wildman–Crippen MR) is 245 cm³/mol. The van der Waals surface area contributed by atoms with Gasteiger partial charge < -0.3 is 40.6 Å². The molecule has 2 atom stereocenters. The number of halogens is 2. The van der Waals surface area contributed by atoms with Crippen molar-refractivity contribution in [1.29, 1.82) is 0 Å². The summed E-state index contributed by atoms with van der Waals surface area (Å²) in [6.45, 7) is 8.70. The number of aliphatic hydroxyl groups excluding tert-OH is 2. The molecule has 8 rings (SSSR count). The van der Waals surface area contributed by atoms with Gasteiger partial charge in [0.05, 0.1) is 12.2 Å². The number of nitrogens with one attached hydrogen (secondary N) is 4. The van der Waals surface area contributed by atoms with Crippen molar-refractivity contribution < 1.29 is 19.8 Å². The third kappa shape index (κ3) is 10.1. The molecule has 0 spiro atoms. The molecular formula is C48H56Cl2N6O4. The maximum absolute atomic E-state index is 12.8. The smallest absolute Gasteiger partial charge is 0.268 e. The van der Waals surface area contributed by atoms with E-state index in [9.17, 15) is 19.8 Å². The highest BCUT2D eigenvalue weighted by Crippen LogP contribution is 2.29. The third-order valence-electron chi connectivity index (χ3n) is 11.8. The van der Waals surface area contributed by atoms with E-state index in [1.807, 2.05) is 62.4 Å². The molecule has 6 aromatic rings. The Balaban J connectivity index is 0.000000181. The van der Waals surface area contributed by atoms with Crippen LogP contribution in [-0.4, -0.2) is 71.3 Å². The van der Waals surface area contributed by atoms with Gasteiger partial charge in [-0.2, -0.15) is 0 Å². The zero-order valence-corrected chi connectivity index (χ0v) is 36.0. The van der Waals surface area contributed by atoms with Crippen LogP contribution in [0.25, 0.3) is 21.8 Å². The molecule has 4 heterocycles. The second kappa shape index (κ2) is 20.0. The van der Waals surface area contributed by atoms with Crippen LogP contribution >= 0.6 is 23.2 Å². The number of aromatic nitrogens is 2. The van der Waals surface area contributed by atoms with Crippen LogP contribution in [0.3, 0.4) is 0 Å². The van der Waals surface area contributed by atoms with Gasteiger partial charge in [-0.25, -0.2) is 0 Å². The second-order valence-electron chi connectivity index (χ2n) is 15.8. The largest absolute Gasteiger partial charge is 0.387 e. The molecule has 2 aromatic heterocycles. The van der Waals surface area contributed by atoms with Gasteiger partial charge in [-0.1, -0.05) is 61.3 Å². The summed E-state index contributed by atoms with van der Waals surface area (Å²) in [6, 6.07) is 27.1. The van der Waals surface area contributed by atoms with Crippen LogP contribution in [-0.2, 0) is 12.8 Å². The molecule has 2 saturated heterocycles. The summed E-state index contributed by atoms with van der Waals surface area (Å²) < 4.78 is 0. The Morgan fingerprint density at radius 3 is 1.30 bits per heavy atom. The van der Waals surface area contributed by atoms with Gasteiger partial charge in [0.1, 0.15) is 11.4 Å². The lowest BCUT2D eigenvalue weighted by atomic mass is 10.1. The molecule has 60 heavy (non-hydrogen) atoms. The number of nitrogens with zero attached hydrogens (tertiary/aromatic N) is 2. The molecule has 2 fully saturated rings. The van der Waals surface area contributed by atoms with Crippen molar-refractivity contribution in [3.63, 3.8) is 0 Å². The Morgan fingerprint density at radius 1 is 0.583 bits per heavy atom. The van der Waals surface area contributed by atoms with Gasteiger partial charge >= 0.3 is 0 Å². The number of hydrogen-bond acceptors (Lipinski definition) is 6. The van der Waals surface area contributed by atoms with Gasteiger partial charge in [-0.3, -0.25) is 9.59 Å². The lowest BCUT2D eigenvalue weighted by molar-refractivity contribution is 0.0905. The number of hydrogen-bond donors (Lipinski definition) is 6. The van der Waals surface area contributed by atoms with Crippen molar-refractivity contribution in [2.45, 2.75) is 77.4 Å². The fourth-order valence-corrected chi connectivity index (χ4v) is 8.82. The summed E-state index contributed by atoms with van der Waals surface area (Å²) in [5.74, 6) is -0.439. The van der Waals surface area contributed by atoms with Crippen LogP contribution in [0.15, 0.2) is 84.9 Å². The average Bonchev–Trinajstić information content (AvgIpc) is 3.85. The highest BCUT2D eigenvalue weighted by atomic mass is 35.5. The Labute approximate surface area is 362 Å². The van der Waals surface area contributed by atoms with Crippen molar-refractivity contribution >= 4 is 68.2 Å². The van der Waals surface area contributed by atoms with Gasteiger partial charge in [0.25, 0.3) is 11.8 Å². The number of benzene rings is 4. The van der Waals surface area contributed by atoms with Crippen molar-refractivity contribution in [3.8, 4) is 0 Å². The molecule has 12 heteroatoms. The molecule has 0 radical (unpaired) electrons. The van der Waals surface area contributed by atoms with E-state index in [-0.39, 0.29) is 24.9 Å². The first-order valence-electron chi connectivity index (χ1n) is 21.4.